The highest BCUT2D eigenvalue weighted by Crippen LogP contribution is 2.45. The Morgan fingerprint density at radius 2 is 1.74 bits per heavy atom. The molecule has 3 fully saturated rings. The number of nitrogens with one attached hydrogen (secondary N) is 1. The van der Waals surface area contributed by atoms with E-state index in [4.69, 9.17) is 9.47 Å². The molecule has 2 N–H and O–H groups in total. The van der Waals surface area contributed by atoms with Gasteiger partial charge < -0.3 is 24.8 Å². The number of amides is 2. The fraction of sp³-hybridized carbons (Fsp3) is 0.444. The Hall–Kier alpha value is -3.39. The number of carboxylic acid groups (broad SMARTS) is 1. The average molecular weight is 477 g/mol. The van der Waals surface area contributed by atoms with Crippen LogP contribution >= 0.6 is 0 Å². The van der Waals surface area contributed by atoms with Crippen LogP contribution in [-0.4, -0.2) is 65.4 Å². The molecule has 0 saturated carbocycles. The number of hydrogen-bond donors (Lipinski definition) is 2. The van der Waals surface area contributed by atoms with Crippen molar-refractivity contribution in [2.24, 2.45) is 5.92 Å². The molecule has 35 heavy (non-hydrogen) atoms. The molecule has 1 aliphatic carbocycles. The molecule has 0 spiro atoms. The largest absolute Gasteiger partial charge is 0.481 e. The summed E-state index contributed by atoms with van der Waals surface area (Å²) in [5.74, 6) is -1.74. The third-order valence-electron chi connectivity index (χ3n) is 8.20. The van der Waals surface area contributed by atoms with Gasteiger partial charge in [-0.05, 0) is 41.5 Å². The second-order valence-corrected chi connectivity index (χ2v) is 10.0. The minimum Gasteiger partial charge on any atom is -0.481 e. The Kier molecular flexibility index (Phi) is 5.29. The molecule has 3 aliphatic heterocycles. The van der Waals surface area contributed by atoms with Crippen molar-refractivity contribution in [3.63, 3.8) is 0 Å². The van der Waals surface area contributed by atoms with Crippen LogP contribution in [0.15, 0.2) is 48.5 Å². The highest BCUT2D eigenvalue weighted by molar-refractivity contribution is 5.92. The number of alkyl carbamates (subject to hydrolysis) is 1. The summed E-state index contributed by atoms with van der Waals surface area (Å²) >= 11 is 0. The van der Waals surface area contributed by atoms with Gasteiger partial charge in [-0.1, -0.05) is 48.5 Å². The highest BCUT2D eigenvalue weighted by atomic mass is 16.6. The van der Waals surface area contributed by atoms with Crippen molar-refractivity contribution in [2.45, 2.75) is 49.2 Å². The number of rotatable bonds is 5. The van der Waals surface area contributed by atoms with Crippen LogP contribution in [0.1, 0.15) is 42.7 Å². The second kappa shape index (κ2) is 8.37. The summed E-state index contributed by atoms with van der Waals surface area (Å²) in [6.45, 7) is 0.561. The molecule has 182 valence electrons. The van der Waals surface area contributed by atoms with Crippen molar-refractivity contribution in [3.05, 3.63) is 59.7 Å². The summed E-state index contributed by atoms with van der Waals surface area (Å²) in [7, 11) is 0. The van der Waals surface area contributed by atoms with Crippen LogP contribution in [0.3, 0.4) is 0 Å². The van der Waals surface area contributed by atoms with Gasteiger partial charge in [0.25, 0.3) is 5.91 Å². The summed E-state index contributed by atoms with van der Waals surface area (Å²) in [6.07, 6.45) is 1.61. The predicted octanol–water partition coefficient (Wildman–Crippen LogP) is 3.15. The van der Waals surface area contributed by atoms with Crippen molar-refractivity contribution in [1.82, 2.24) is 10.2 Å². The first-order chi connectivity index (χ1) is 17.0. The maximum atomic E-state index is 13.7. The predicted molar refractivity (Wildman–Crippen MR) is 126 cm³/mol. The van der Waals surface area contributed by atoms with Crippen LogP contribution in [-0.2, 0) is 19.1 Å². The van der Waals surface area contributed by atoms with E-state index in [0.29, 0.717) is 25.9 Å². The fourth-order valence-electron chi connectivity index (χ4n) is 6.53. The van der Waals surface area contributed by atoms with Gasteiger partial charge in [-0.15, -0.1) is 0 Å². The SMILES string of the molecule is O=C(NC1(C(=O)N2[C@@H]3CC[C@H]2[C@@H](C(=O)O)C3)CCOC1)OCC1c2ccccc2-c2ccccc21. The lowest BCUT2D eigenvalue weighted by Crippen LogP contribution is -2.61. The molecule has 0 radical (unpaired) electrons. The molecule has 2 amide bonds. The quantitative estimate of drug-likeness (QED) is 0.687. The van der Waals surface area contributed by atoms with E-state index in [-0.39, 0.29) is 37.1 Å². The molecule has 8 heteroatoms. The molecule has 3 saturated heterocycles. The molecule has 2 aromatic carbocycles. The number of fused-ring (bicyclic) bond motifs is 5. The maximum Gasteiger partial charge on any atom is 0.408 e. The van der Waals surface area contributed by atoms with Gasteiger partial charge in [0, 0.05) is 31.0 Å². The third-order valence-corrected chi connectivity index (χ3v) is 8.20. The standard InChI is InChI=1S/C27H28N2O6/c30-24(31)21-13-16-9-10-23(21)29(16)25(32)27(11-12-34-15-27)28-26(33)35-14-22-19-7-3-1-5-17(19)18-6-2-4-8-20(18)22/h1-8,16,21-23H,9-15H2,(H,28,33)(H,30,31)/t16-,21+,23+,27?/m1/s1. The first kappa shape index (κ1) is 22.1. The van der Waals surface area contributed by atoms with Gasteiger partial charge >= 0.3 is 12.1 Å². The Labute approximate surface area is 203 Å². The summed E-state index contributed by atoms with van der Waals surface area (Å²) < 4.78 is 11.2. The first-order valence-electron chi connectivity index (χ1n) is 12.2. The molecular formula is C27H28N2O6. The fourth-order valence-corrected chi connectivity index (χ4v) is 6.53. The molecule has 6 rings (SSSR count). The topological polar surface area (TPSA) is 105 Å². The van der Waals surface area contributed by atoms with E-state index in [1.807, 2.05) is 24.3 Å². The van der Waals surface area contributed by atoms with Gasteiger partial charge in [0.2, 0.25) is 0 Å². The zero-order chi connectivity index (χ0) is 24.2. The lowest BCUT2D eigenvalue weighted by Gasteiger charge is -2.34. The number of carbonyl (C=O) groups is 3. The molecule has 1 unspecified atom stereocenters. The van der Waals surface area contributed by atoms with E-state index in [1.54, 1.807) is 4.90 Å². The average Bonchev–Trinajstić information content (AvgIpc) is 3.64. The number of nitrogens with zero attached hydrogens (tertiary/aromatic N) is 1. The minimum absolute atomic E-state index is 0.0592. The second-order valence-electron chi connectivity index (χ2n) is 10.0. The van der Waals surface area contributed by atoms with Crippen molar-refractivity contribution < 1.29 is 29.0 Å². The molecule has 4 atom stereocenters. The maximum absolute atomic E-state index is 13.7. The van der Waals surface area contributed by atoms with Crippen LogP contribution in [0.5, 0.6) is 0 Å². The number of hydrogen-bond acceptors (Lipinski definition) is 5. The summed E-state index contributed by atoms with van der Waals surface area (Å²) in [5, 5.41) is 12.4. The molecular weight excluding hydrogens is 448 g/mol. The highest BCUT2D eigenvalue weighted by Gasteiger charge is 2.57. The number of carboxylic acids is 1. The number of benzene rings is 2. The van der Waals surface area contributed by atoms with Crippen LogP contribution in [0.2, 0.25) is 0 Å². The van der Waals surface area contributed by atoms with Crippen molar-refractivity contribution in [3.8, 4) is 11.1 Å². The number of aliphatic carboxylic acids is 1. The van der Waals surface area contributed by atoms with E-state index in [1.165, 1.54) is 0 Å². The van der Waals surface area contributed by atoms with Crippen molar-refractivity contribution >= 4 is 18.0 Å². The molecule has 8 nitrogen and oxygen atoms in total. The van der Waals surface area contributed by atoms with Gasteiger partial charge in [-0.25, -0.2) is 4.79 Å². The first-order valence-corrected chi connectivity index (χ1v) is 12.2. The summed E-state index contributed by atoms with van der Waals surface area (Å²) in [6, 6.07) is 15.8. The Bertz CT molecular complexity index is 1140. The van der Waals surface area contributed by atoms with Gasteiger partial charge in [-0.3, -0.25) is 9.59 Å². The molecule has 3 heterocycles. The lowest BCUT2D eigenvalue weighted by molar-refractivity contribution is -0.144. The van der Waals surface area contributed by atoms with Crippen LogP contribution in [0, 0.1) is 5.92 Å². The Morgan fingerprint density at radius 3 is 2.34 bits per heavy atom. The van der Waals surface area contributed by atoms with E-state index in [0.717, 1.165) is 28.7 Å². The Morgan fingerprint density at radius 1 is 1.06 bits per heavy atom. The third kappa shape index (κ3) is 3.50. The van der Waals surface area contributed by atoms with Crippen LogP contribution in [0.4, 0.5) is 4.79 Å². The molecule has 4 aliphatic rings. The summed E-state index contributed by atoms with van der Waals surface area (Å²) in [5.41, 5.74) is 3.29. The smallest absolute Gasteiger partial charge is 0.408 e. The van der Waals surface area contributed by atoms with Crippen molar-refractivity contribution in [1.29, 1.82) is 0 Å². The summed E-state index contributed by atoms with van der Waals surface area (Å²) in [4.78, 5) is 40.1. The Balaban J connectivity index is 1.18. The van der Waals surface area contributed by atoms with Crippen LogP contribution < -0.4 is 5.32 Å². The number of carbonyl (C=O) groups excluding carboxylic acids is 2. The monoisotopic (exact) mass is 476 g/mol. The van der Waals surface area contributed by atoms with Gasteiger partial charge in [0.05, 0.1) is 12.5 Å². The molecule has 2 aromatic rings. The zero-order valence-electron chi connectivity index (χ0n) is 19.3. The zero-order valence-corrected chi connectivity index (χ0v) is 19.3. The van der Waals surface area contributed by atoms with Gasteiger partial charge in [0.15, 0.2) is 0 Å². The molecule has 0 aromatic heterocycles. The van der Waals surface area contributed by atoms with E-state index < -0.39 is 23.5 Å². The van der Waals surface area contributed by atoms with E-state index >= 15 is 0 Å². The van der Waals surface area contributed by atoms with Gasteiger partial charge in [0.1, 0.15) is 12.1 Å². The molecule has 2 bridgehead atoms. The lowest BCUT2D eigenvalue weighted by atomic mass is 9.89. The van der Waals surface area contributed by atoms with E-state index in [9.17, 15) is 19.5 Å². The van der Waals surface area contributed by atoms with Crippen LogP contribution in [0.25, 0.3) is 11.1 Å². The van der Waals surface area contributed by atoms with Crippen molar-refractivity contribution in [2.75, 3.05) is 19.8 Å². The van der Waals surface area contributed by atoms with Gasteiger partial charge in [-0.2, -0.15) is 0 Å². The number of ether oxygens (including phenoxy) is 2. The minimum atomic E-state index is -1.23. The van der Waals surface area contributed by atoms with E-state index in [2.05, 4.69) is 29.6 Å². The normalized spacial score (nSPS) is 28.6.